The second-order valence-electron chi connectivity index (χ2n) is 4.28. The van der Waals surface area contributed by atoms with Crippen LogP contribution < -0.4 is 0 Å². The summed E-state index contributed by atoms with van der Waals surface area (Å²) in [6.45, 7) is 3.59. The molecule has 1 saturated carbocycles. The first kappa shape index (κ1) is 10.9. The van der Waals surface area contributed by atoms with Gasteiger partial charge in [0.1, 0.15) is 6.10 Å². The Morgan fingerprint density at radius 1 is 1.27 bits per heavy atom. The summed E-state index contributed by atoms with van der Waals surface area (Å²) in [6, 6.07) is 0. The van der Waals surface area contributed by atoms with Gasteiger partial charge in [-0.3, -0.25) is 9.69 Å². The third-order valence-electron chi connectivity index (χ3n) is 3.06. The Hall–Kier alpha value is -0.610. The van der Waals surface area contributed by atoms with Crippen LogP contribution in [0.25, 0.3) is 0 Å². The van der Waals surface area contributed by atoms with E-state index >= 15 is 0 Å². The second-order valence-corrected chi connectivity index (χ2v) is 4.28. The van der Waals surface area contributed by atoms with Crippen LogP contribution >= 0.6 is 0 Å². The highest BCUT2D eigenvalue weighted by Gasteiger charge is 2.21. The fourth-order valence-electron chi connectivity index (χ4n) is 2.17. The van der Waals surface area contributed by atoms with E-state index in [2.05, 4.69) is 4.90 Å². The molecule has 1 aliphatic heterocycles. The number of nitrogens with zero attached hydrogens (tertiary/aromatic N) is 1. The molecule has 1 heterocycles. The third kappa shape index (κ3) is 3.47. The van der Waals surface area contributed by atoms with E-state index in [0.717, 1.165) is 39.1 Å². The van der Waals surface area contributed by atoms with Gasteiger partial charge in [0.25, 0.3) is 0 Å². The quantitative estimate of drug-likeness (QED) is 0.650. The fourth-order valence-corrected chi connectivity index (χ4v) is 2.17. The van der Waals surface area contributed by atoms with Crippen molar-refractivity contribution >= 4 is 5.97 Å². The van der Waals surface area contributed by atoms with Gasteiger partial charge >= 0.3 is 5.97 Å². The zero-order valence-electron chi connectivity index (χ0n) is 9.11. The Labute approximate surface area is 90.5 Å². The number of ether oxygens (including phenoxy) is 2. The van der Waals surface area contributed by atoms with Crippen LogP contribution in [0.1, 0.15) is 25.7 Å². The third-order valence-corrected chi connectivity index (χ3v) is 3.06. The molecule has 1 saturated heterocycles. The van der Waals surface area contributed by atoms with Crippen molar-refractivity contribution in [2.45, 2.75) is 31.8 Å². The molecule has 0 radical (unpaired) electrons. The lowest BCUT2D eigenvalue weighted by atomic mass is 10.3. The molecule has 0 bridgehead atoms. The normalized spacial score (nSPS) is 24.3. The van der Waals surface area contributed by atoms with Crippen LogP contribution in [0, 0.1) is 0 Å². The van der Waals surface area contributed by atoms with Crippen LogP contribution in [0.3, 0.4) is 0 Å². The van der Waals surface area contributed by atoms with Gasteiger partial charge in [-0.1, -0.05) is 0 Å². The van der Waals surface area contributed by atoms with Crippen LogP contribution in [-0.4, -0.2) is 49.8 Å². The number of hydrogen-bond donors (Lipinski definition) is 0. The summed E-state index contributed by atoms with van der Waals surface area (Å²) in [5.74, 6) is -0.0659. The van der Waals surface area contributed by atoms with E-state index in [-0.39, 0.29) is 12.1 Å². The van der Waals surface area contributed by atoms with Gasteiger partial charge in [-0.2, -0.15) is 0 Å². The van der Waals surface area contributed by atoms with Crippen molar-refractivity contribution < 1.29 is 14.3 Å². The molecule has 0 N–H and O–H groups in total. The minimum Gasteiger partial charge on any atom is -0.461 e. The van der Waals surface area contributed by atoms with Crippen LogP contribution in [-0.2, 0) is 14.3 Å². The molecule has 2 aliphatic rings. The van der Waals surface area contributed by atoms with Gasteiger partial charge in [-0.05, 0) is 25.7 Å². The predicted molar refractivity (Wildman–Crippen MR) is 55.6 cm³/mol. The number of esters is 1. The van der Waals surface area contributed by atoms with Gasteiger partial charge in [-0.15, -0.1) is 0 Å². The molecule has 15 heavy (non-hydrogen) atoms. The molecule has 0 atom stereocenters. The minimum atomic E-state index is -0.0659. The summed E-state index contributed by atoms with van der Waals surface area (Å²) in [5, 5.41) is 0. The number of morpholine rings is 1. The van der Waals surface area contributed by atoms with Crippen molar-refractivity contribution in [2.24, 2.45) is 0 Å². The average molecular weight is 213 g/mol. The van der Waals surface area contributed by atoms with Crippen molar-refractivity contribution in [3.8, 4) is 0 Å². The molecule has 0 unspecified atom stereocenters. The number of hydrogen-bond acceptors (Lipinski definition) is 4. The molecule has 4 heteroatoms. The molecule has 0 aromatic carbocycles. The van der Waals surface area contributed by atoms with E-state index in [1.165, 1.54) is 12.8 Å². The van der Waals surface area contributed by atoms with Crippen LogP contribution in [0.5, 0.6) is 0 Å². The molecule has 0 spiro atoms. The van der Waals surface area contributed by atoms with Crippen molar-refractivity contribution in [1.82, 2.24) is 4.90 Å². The van der Waals surface area contributed by atoms with E-state index in [9.17, 15) is 4.79 Å². The Morgan fingerprint density at radius 3 is 2.60 bits per heavy atom. The second kappa shape index (κ2) is 5.47. The first-order valence-corrected chi connectivity index (χ1v) is 5.84. The summed E-state index contributed by atoms with van der Waals surface area (Å²) < 4.78 is 10.6. The minimum absolute atomic E-state index is 0.0659. The molecule has 4 nitrogen and oxygen atoms in total. The van der Waals surface area contributed by atoms with Gasteiger partial charge in [0.05, 0.1) is 19.8 Å². The maximum Gasteiger partial charge on any atom is 0.320 e. The molecule has 0 aromatic rings. The highest BCUT2D eigenvalue weighted by Crippen LogP contribution is 2.20. The smallest absolute Gasteiger partial charge is 0.320 e. The van der Waals surface area contributed by atoms with E-state index in [1.54, 1.807) is 0 Å². The maximum atomic E-state index is 11.6. The largest absolute Gasteiger partial charge is 0.461 e. The molecule has 86 valence electrons. The Morgan fingerprint density at radius 2 is 1.93 bits per heavy atom. The first-order valence-electron chi connectivity index (χ1n) is 5.84. The van der Waals surface area contributed by atoms with E-state index < -0.39 is 0 Å². The Kier molecular flexibility index (Phi) is 3.97. The fraction of sp³-hybridized carbons (Fsp3) is 0.909. The van der Waals surface area contributed by atoms with E-state index in [4.69, 9.17) is 9.47 Å². The van der Waals surface area contributed by atoms with Crippen molar-refractivity contribution in [3.63, 3.8) is 0 Å². The van der Waals surface area contributed by atoms with Gasteiger partial charge < -0.3 is 9.47 Å². The highest BCUT2D eigenvalue weighted by molar-refractivity contribution is 5.71. The monoisotopic (exact) mass is 213 g/mol. The zero-order valence-corrected chi connectivity index (χ0v) is 9.11. The van der Waals surface area contributed by atoms with Crippen molar-refractivity contribution in [3.05, 3.63) is 0 Å². The van der Waals surface area contributed by atoms with Crippen LogP contribution in [0.15, 0.2) is 0 Å². The van der Waals surface area contributed by atoms with E-state index in [1.807, 2.05) is 0 Å². The number of carbonyl (C=O) groups is 1. The summed E-state index contributed by atoms with van der Waals surface area (Å²) in [4.78, 5) is 13.7. The lowest BCUT2D eigenvalue weighted by Crippen LogP contribution is -2.40. The zero-order chi connectivity index (χ0) is 10.5. The molecule has 2 rings (SSSR count). The lowest BCUT2D eigenvalue weighted by molar-refractivity contribution is -0.151. The predicted octanol–water partition coefficient (Wildman–Crippen LogP) is 0.804. The summed E-state index contributed by atoms with van der Waals surface area (Å²) >= 11 is 0. The molecule has 1 aliphatic carbocycles. The van der Waals surface area contributed by atoms with Crippen molar-refractivity contribution in [1.29, 1.82) is 0 Å². The number of carbonyl (C=O) groups excluding carboxylic acids is 1. The van der Waals surface area contributed by atoms with Crippen LogP contribution in [0.2, 0.25) is 0 Å². The summed E-state index contributed by atoms with van der Waals surface area (Å²) in [7, 11) is 0. The van der Waals surface area contributed by atoms with Gasteiger partial charge in [0.15, 0.2) is 0 Å². The molecular formula is C11H19NO3. The van der Waals surface area contributed by atoms with Gasteiger partial charge in [0, 0.05) is 13.1 Å². The Bertz CT molecular complexity index is 208. The van der Waals surface area contributed by atoms with E-state index in [0.29, 0.717) is 6.54 Å². The molecule has 0 amide bonds. The highest BCUT2D eigenvalue weighted by atomic mass is 16.5. The molecular weight excluding hydrogens is 194 g/mol. The van der Waals surface area contributed by atoms with Crippen molar-refractivity contribution in [2.75, 3.05) is 32.8 Å². The topological polar surface area (TPSA) is 38.8 Å². The van der Waals surface area contributed by atoms with Gasteiger partial charge in [-0.25, -0.2) is 0 Å². The standard InChI is InChI=1S/C11H19NO3/c13-11(15-10-3-1-2-4-10)9-12-5-7-14-8-6-12/h10H,1-9H2. The number of rotatable bonds is 3. The molecule has 2 fully saturated rings. The first-order chi connectivity index (χ1) is 7.34. The summed E-state index contributed by atoms with van der Waals surface area (Å²) in [5.41, 5.74) is 0. The maximum absolute atomic E-state index is 11.6. The molecule has 0 aromatic heterocycles. The Balaban J connectivity index is 1.66. The van der Waals surface area contributed by atoms with Gasteiger partial charge in [0.2, 0.25) is 0 Å². The lowest BCUT2D eigenvalue weighted by Gasteiger charge is -2.26. The average Bonchev–Trinajstić information content (AvgIpc) is 2.71. The SMILES string of the molecule is O=C(CN1CCOCC1)OC1CCCC1. The van der Waals surface area contributed by atoms with Crippen LogP contribution in [0.4, 0.5) is 0 Å². The summed E-state index contributed by atoms with van der Waals surface area (Å²) in [6.07, 6.45) is 4.70.